The molecule has 4 rings (SSSR count). The second-order valence-corrected chi connectivity index (χ2v) is 10.3. The van der Waals surface area contributed by atoms with E-state index < -0.39 is 12.0 Å². The predicted molar refractivity (Wildman–Crippen MR) is 165 cm³/mol. The maximum atomic E-state index is 14.0. The lowest BCUT2D eigenvalue weighted by molar-refractivity contribution is 0.0526. The van der Waals surface area contributed by atoms with Crippen LogP contribution < -0.4 is 15.6 Å². The molecule has 4 aromatic rings. The van der Waals surface area contributed by atoms with E-state index in [1.165, 1.54) is 0 Å². The second-order valence-electron chi connectivity index (χ2n) is 10.3. The van der Waals surface area contributed by atoms with E-state index in [0.717, 1.165) is 6.42 Å². The number of para-hydroxylation sites is 3. The molecule has 0 spiro atoms. The summed E-state index contributed by atoms with van der Waals surface area (Å²) in [4.78, 5) is 46.7. The van der Waals surface area contributed by atoms with E-state index in [-0.39, 0.29) is 18.2 Å². The fourth-order valence-electron chi connectivity index (χ4n) is 4.86. The van der Waals surface area contributed by atoms with Gasteiger partial charge in [0.15, 0.2) is 0 Å². The van der Waals surface area contributed by atoms with Crippen molar-refractivity contribution in [2.24, 2.45) is 5.92 Å². The van der Waals surface area contributed by atoms with Gasteiger partial charge in [-0.25, -0.2) is 14.6 Å². The lowest BCUT2D eigenvalue weighted by Crippen LogP contribution is -2.41. The topological polar surface area (TPSA) is 103 Å². The summed E-state index contributed by atoms with van der Waals surface area (Å²) in [5, 5.41) is 3.45. The Morgan fingerprint density at radius 1 is 0.976 bits per heavy atom. The third-order valence-electron chi connectivity index (χ3n) is 7.04. The summed E-state index contributed by atoms with van der Waals surface area (Å²) in [5.74, 6) is 0.884. The van der Waals surface area contributed by atoms with Gasteiger partial charge in [-0.05, 0) is 74.2 Å². The largest absolute Gasteiger partial charge is 0.495 e. The van der Waals surface area contributed by atoms with Crippen LogP contribution in [0.1, 0.15) is 62.8 Å². The highest BCUT2D eigenvalue weighted by Gasteiger charge is 2.30. The Morgan fingerprint density at radius 3 is 2.33 bits per heavy atom. The first kappa shape index (κ1) is 30.3. The Morgan fingerprint density at radius 2 is 1.67 bits per heavy atom. The molecule has 0 saturated carbocycles. The van der Waals surface area contributed by atoms with Crippen molar-refractivity contribution in [2.75, 3.05) is 25.6 Å². The number of ether oxygens (including phenoxy) is 2. The molecule has 1 atom stereocenters. The van der Waals surface area contributed by atoms with Crippen LogP contribution in [-0.4, -0.2) is 46.7 Å². The molecule has 1 N–H and O–H groups in total. The monoisotopic (exact) mass is 570 g/mol. The second kappa shape index (κ2) is 13.8. The minimum Gasteiger partial charge on any atom is -0.495 e. The number of rotatable bonds is 11. The number of methoxy groups -OCH3 is 1. The number of urea groups is 1. The number of carbonyl (C=O) groups excluding carboxylic acids is 2. The zero-order valence-corrected chi connectivity index (χ0v) is 24.8. The minimum absolute atomic E-state index is 0.239. The Labute approximate surface area is 246 Å². The summed E-state index contributed by atoms with van der Waals surface area (Å²) in [6.07, 6.45) is 1.26. The van der Waals surface area contributed by atoms with E-state index in [0.29, 0.717) is 58.3 Å². The fourth-order valence-corrected chi connectivity index (χ4v) is 4.86. The van der Waals surface area contributed by atoms with Crippen LogP contribution >= 0.6 is 0 Å². The molecule has 1 aromatic heterocycles. The summed E-state index contributed by atoms with van der Waals surface area (Å²) in [6, 6.07) is 20.2. The highest BCUT2D eigenvalue weighted by atomic mass is 16.5. The molecule has 0 aliphatic rings. The molecule has 9 nitrogen and oxygen atoms in total. The van der Waals surface area contributed by atoms with E-state index in [9.17, 15) is 14.4 Å². The van der Waals surface area contributed by atoms with Gasteiger partial charge in [0.05, 0.1) is 41.9 Å². The molecular formula is C33H38N4O5. The standard InChI is InChI=1S/C33H38N4O5/c1-6-27(36(21-20-22(3)4)33(40)34-24-18-16-23(17-19-24)32(39)42-7-2)30-35-26-13-9-8-12-25(26)31(38)37(30)28-14-10-11-15-29(28)41-5/h8-19,22,27H,6-7,20-21H2,1-5H3,(H,34,40). The van der Waals surface area contributed by atoms with Crippen LogP contribution in [0.2, 0.25) is 0 Å². The number of hydrogen-bond donors (Lipinski definition) is 1. The number of esters is 1. The van der Waals surface area contributed by atoms with Gasteiger partial charge in [-0.15, -0.1) is 0 Å². The van der Waals surface area contributed by atoms with Gasteiger partial charge >= 0.3 is 12.0 Å². The van der Waals surface area contributed by atoms with Gasteiger partial charge < -0.3 is 19.7 Å². The van der Waals surface area contributed by atoms with E-state index >= 15 is 0 Å². The van der Waals surface area contributed by atoms with Gasteiger partial charge in [-0.1, -0.05) is 45.0 Å². The lowest BCUT2D eigenvalue weighted by Gasteiger charge is -2.33. The average Bonchev–Trinajstić information content (AvgIpc) is 2.99. The number of nitrogens with one attached hydrogen (secondary N) is 1. The third kappa shape index (κ3) is 6.62. The third-order valence-corrected chi connectivity index (χ3v) is 7.04. The highest BCUT2D eigenvalue weighted by Crippen LogP contribution is 2.30. The number of hydrogen-bond acceptors (Lipinski definition) is 6. The van der Waals surface area contributed by atoms with Crippen molar-refractivity contribution in [2.45, 2.75) is 46.6 Å². The Hall–Kier alpha value is -4.66. The van der Waals surface area contributed by atoms with Crippen molar-refractivity contribution >= 4 is 28.6 Å². The molecule has 2 amide bonds. The molecule has 0 aliphatic heterocycles. The van der Waals surface area contributed by atoms with Crippen molar-refractivity contribution in [3.8, 4) is 11.4 Å². The first-order valence-corrected chi connectivity index (χ1v) is 14.3. The van der Waals surface area contributed by atoms with E-state index in [4.69, 9.17) is 14.5 Å². The van der Waals surface area contributed by atoms with Crippen LogP contribution in [0.5, 0.6) is 5.75 Å². The number of benzene rings is 3. The summed E-state index contributed by atoms with van der Waals surface area (Å²) >= 11 is 0. The van der Waals surface area contributed by atoms with Gasteiger partial charge in [-0.2, -0.15) is 0 Å². The fraction of sp³-hybridized carbons (Fsp3) is 0.333. The van der Waals surface area contributed by atoms with Crippen LogP contribution in [0.15, 0.2) is 77.6 Å². The molecule has 9 heteroatoms. The van der Waals surface area contributed by atoms with Gasteiger partial charge in [0.25, 0.3) is 5.56 Å². The zero-order chi connectivity index (χ0) is 30.2. The molecule has 0 bridgehead atoms. The molecule has 42 heavy (non-hydrogen) atoms. The van der Waals surface area contributed by atoms with E-state index in [1.807, 2.05) is 43.3 Å². The van der Waals surface area contributed by atoms with Gasteiger partial charge in [-0.3, -0.25) is 9.36 Å². The highest BCUT2D eigenvalue weighted by molar-refractivity contribution is 5.92. The summed E-state index contributed by atoms with van der Waals surface area (Å²) in [6.45, 7) is 8.65. The zero-order valence-electron chi connectivity index (χ0n) is 24.8. The molecule has 1 unspecified atom stereocenters. The average molecular weight is 571 g/mol. The maximum absolute atomic E-state index is 14.0. The van der Waals surface area contributed by atoms with Gasteiger partial charge in [0.1, 0.15) is 11.6 Å². The maximum Gasteiger partial charge on any atom is 0.338 e. The molecular weight excluding hydrogens is 532 g/mol. The number of nitrogens with zero attached hydrogens (tertiary/aromatic N) is 3. The van der Waals surface area contributed by atoms with Crippen LogP contribution in [0.3, 0.4) is 0 Å². The molecule has 0 aliphatic carbocycles. The van der Waals surface area contributed by atoms with Crippen molar-refractivity contribution in [3.05, 3.63) is 94.5 Å². The number of aromatic nitrogens is 2. The van der Waals surface area contributed by atoms with Crippen LogP contribution in [0, 0.1) is 5.92 Å². The molecule has 1 heterocycles. The number of carbonyl (C=O) groups is 2. The number of fused-ring (bicyclic) bond motifs is 1. The van der Waals surface area contributed by atoms with Crippen LogP contribution in [0.4, 0.5) is 10.5 Å². The lowest BCUT2D eigenvalue weighted by atomic mass is 10.1. The molecule has 0 radical (unpaired) electrons. The van der Waals surface area contributed by atoms with E-state index in [1.54, 1.807) is 59.9 Å². The van der Waals surface area contributed by atoms with Gasteiger partial charge in [0.2, 0.25) is 0 Å². The van der Waals surface area contributed by atoms with Crippen molar-refractivity contribution in [1.82, 2.24) is 14.5 Å². The predicted octanol–water partition coefficient (Wildman–Crippen LogP) is 6.60. The van der Waals surface area contributed by atoms with E-state index in [2.05, 4.69) is 19.2 Å². The molecule has 3 aromatic carbocycles. The number of amides is 2. The molecule has 0 saturated heterocycles. The smallest absolute Gasteiger partial charge is 0.338 e. The molecule has 220 valence electrons. The Kier molecular flexibility index (Phi) is 9.96. The normalized spacial score (nSPS) is 11.8. The van der Waals surface area contributed by atoms with Crippen molar-refractivity contribution in [3.63, 3.8) is 0 Å². The first-order chi connectivity index (χ1) is 20.3. The summed E-state index contributed by atoms with van der Waals surface area (Å²) < 4.78 is 12.3. The first-order valence-electron chi connectivity index (χ1n) is 14.3. The summed E-state index contributed by atoms with van der Waals surface area (Å²) in [5.41, 5.74) is 1.80. The van der Waals surface area contributed by atoms with Gasteiger partial charge in [0, 0.05) is 12.2 Å². The SMILES string of the molecule is CCOC(=O)c1ccc(NC(=O)N(CCC(C)C)C(CC)c2nc3ccccc3c(=O)n2-c2ccccc2OC)cc1. The van der Waals surface area contributed by atoms with Crippen LogP contribution in [-0.2, 0) is 4.74 Å². The summed E-state index contributed by atoms with van der Waals surface area (Å²) in [7, 11) is 1.56. The quantitative estimate of drug-likeness (QED) is 0.204. The number of anilines is 1. The molecule has 0 fully saturated rings. The Balaban J connectivity index is 1.81. The van der Waals surface area contributed by atoms with Crippen molar-refractivity contribution < 1.29 is 19.1 Å². The van der Waals surface area contributed by atoms with Crippen molar-refractivity contribution in [1.29, 1.82) is 0 Å². The minimum atomic E-state index is -0.537. The Bertz CT molecular complexity index is 1600. The van der Waals surface area contributed by atoms with Crippen LogP contribution in [0.25, 0.3) is 16.6 Å².